The maximum absolute atomic E-state index is 13.1. The summed E-state index contributed by atoms with van der Waals surface area (Å²) in [7, 11) is 0. The number of hydrogen-bond donors (Lipinski definition) is 2. The number of thioether (sulfide) groups is 1. The van der Waals surface area contributed by atoms with Crippen molar-refractivity contribution in [2.75, 3.05) is 16.4 Å². The number of hydrogen-bond acceptors (Lipinski definition) is 4. The number of thiophene rings is 1. The van der Waals surface area contributed by atoms with Crippen molar-refractivity contribution in [1.82, 2.24) is 0 Å². The van der Waals surface area contributed by atoms with Crippen LogP contribution in [0, 0.1) is 0 Å². The molecule has 2 aromatic carbocycles. The Morgan fingerprint density at radius 3 is 2.53 bits per heavy atom. The molecule has 0 fully saturated rings. The lowest BCUT2D eigenvalue weighted by Gasteiger charge is -2.14. The van der Waals surface area contributed by atoms with Crippen LogP contribution in [0.25, 0.3) is 0 Å². The van der Waals surface area contributed by atoms with E-state index in [0.717, 1.165) is 23.9 Å². The third kappa shape index (κ3) is 6.01. The highest BCUT2D eigenvalue weighted by Gasteiger charge is 2.34. The zero-order chi connectivity index (χ0) is 21.7. The number of halogens is 4. The van der Waals surface area contributed by atoms with E-state index < -0.39 is 17.6 Å². The molecular formula is C20H14ClF3N2O2S2. The molecule has 0 bridgehead atoms. The third-order valence-corrected chi connectivity index (χ3v) is 5.87. The smallest absolute Gasteiger partial charge is 0.325 e. The molecule has 156 valence electrons. The first-order chi connectivity index (χ1) is 14.2. The van der Waals surface area contributed by atoms with Crippen molar-refractivity contribution in [2.24, 2.45) is 0 Å². The quantitative estimate of drug-likeness (QED) is 0.409. The second kappa shape index (κ2) is 9.55. The number of carbonyl (C=O) groups is 2. The Balaban J connectivity index is 1.61. The number of amides is 2. The van der Waals surface area contributed by atoms with Crippen molar-refractivity contribution in [3.8, 4) is 0 Å². The second-order valence-corrected chi connectivity index (χ2v) is 8.42. The lowest BCUT2D eigenvalue weighted by molar-refractivity contribution is -0.137. The zero-order valence-electron chi connectivity index (χ0n) is 15.1. The van der Waals surface area contributed by atoms with Gasteiger partial charge in [0.05, 0.1) is 21.9 Å². The lowest BCUT2D eigenvalue weighted by Crippen LogP contribution is -2.18. The van der Waals surface area contributed by atoms with Crippen molar-refractivity contribution >= 4 is 57.9 Å². The van der Waals surface area contributed by atoms with Crippen LogP contribution >= 0.6 is 34.7 Å². The summed E-state index contributed by atoms with van der Waals surface area (Å²) in [5, 5.41) is 6.76. The Labute approximate surface area is 183 Å². The molecule has 1 heterocycles. The molecule has 0 aliphatic carbocycles. The van der Waals surface area contributed by atoms with E-state index in [9.17, 15) is 22.8 Å². The zero-order valence-corrected chi connectivity index (χ0v) is 17.5. The number of anilines is 2. The minimum Gasteiger partial charge on any atom is -0.325 e. The molecule has 0 spiro atoms. The van der Waals surface area contributed by atoms with Crippen LogP contribution in [0.5, 0.6) is 0 Å². The average molecular weight is 471 g/mol. The van der Waals surface area contributed by atoms with E-state index in [4.69, 9.17) is 11.6 Å². The van der Waals surface area contributed by atoms with Crippen molar-refractivity contribution in [3.05, 3.63) is 75.4 Å². The number of carbonyl (C=O) groups excluding carboxylic acids is 2. The summed E-state index contributed by atoms with van der Waals surface area (Å²) in [6, 6.07) is 13.5. The van der Waals surface area contributed by atoms with Crippen LogP contribution < -0.4 is 10.6 Å². The van der Waals surface area contributed by atoms with Gasteiger partial charge >= 0.3 is 6.18 Å². The van der Waals surface area contributed by atoms with Gasteiger partial charge in [0.1, 0.15) is 0 Å². The first-order valence-corrected chi connectivity index (χ1v) is 10.7. The molecule has 1 aromatic heterocycles. The fourth-order valence-electron chi connectivity index (χ4n) is 2.46. The number of nitrogens with one attached hydrogen (secondary N) is 2. The van der Waals surface area contributed by atoms with Gasteiger partial charge in [0.2, 0.25) is 5.91 Å². The van der Waals surface area contributed by atoms with Gasteiger partial charge in [0, 0.05) is 15.6 Å². The molecule has 0 unspecified atom stereocenters. The first-order valence-electron chi connectivity index (χ1n) is 8.47. The monoisotopic (exact) mass is 470 g/mol. The van der Waals surface area contributed by atoms with E-state index in [1.54, 1.807) is 41.8 Å². The molecule has 0 saturated heterocycles. The van der Waals surface area contributed by atoms with Gasteiger partial charge in [-0.2, -0.15) is 13.2 Å². The molecule has 2 N–H and O–H groups in total. The molecule has 0 aliphatic heterocycles. The van der Waals surface area contributed by atoms with Gasteiger partial charge in [-0.25, -0.2) is 0 Å². The number of alkyl halides is 3. The highest BCUT2D eigenvalue weighted by Crippen LogP contribution is 2.36. The lowest BCUT2D eigenvalue weighted by atomic mass is 10.1. The van der Waals surface area contributed by atoms with Crippen molar-refractivity contribution in [1.29, 1.82) is 0 Å². The molecule has 2 amide bonds. The summed E-state index contributed by atoms with van der Waals surface area (Å²) in [4.78, 5) is 25.5. The molecule has 30 heavy (non-hydrogen) atoms. The summed E-state index contributed by atoms with van der Waals surface area (Å²) in [6.07, 6.45) is -4.64. The van der Waals surface area contributed by atoms with Crippen LogP contribution in [0.15, 0.2) is 64.9 Å². The van der Waals surface area contributed by atoms with Gasteiger partial charge in [0.15, 0.2) is 0 Å². The van der Waals surface area contributed by atoms with Crippen LogP contribution in [0.3, 0.4) is 0 Å². The normalized spacial score (nSPS) is 11.2. The van der Waals surface area contributed by atoms with Crippen molar-refractivity contribution in [3.63, 3.8) is 0 Å². The standard InChI is InChI=1S/C20H14ClF3N2O2S2/c21-12-6-7-16(15(9-12)20(22,23)24)26-18(27)11-30-14-4-1-3-13(10-14)25-19(28)17-5-2-8-29-17/h1-10H,11H2,(H,25,28)(H,26,27). The molecular weight excluding hydrogens is 457 g/mol. The summed E-state index contributed by atoms with van der Waals surface area (Å²) in [5.41, 5.74) is -0.808. The Kier molecular flexibility index (Phi) is 7.06. The molecule has 0 atom stereocenters. The minimum atomic E-state index is -4.64. The van der Waals surface area contributed by atoms with Crippen LogP contribution in [0.2, 0.25) is 5.02 Å². The Morgan fingerprint density at radius 2 is 1.83 bits per heavy atom. The number of benzene rings is 2. The molecule has 0 aliphatic rings. The van der Waals surface area contributed by atoms with Gasteiger partial charge in [-0.05, 0) is 47.8 Å². The predicted molar refractivity (Wildman–Crippen MR) is 115 cm³/mol. The van der Waals surface area contributed by atoms with Gasteiger partial charge in [-0.15, -0.1) is 23.1 Å². The topological polar surface area (TPSA) is 58.2 Å². The van der Waals surface area contributed by atoms with Crippen LogP contribution in [-0.2, 0) is 11.0 Å². The van der Waals surface area contributed by atoms with Crippen molar-refractivity contribution < 1.29 is 22.8 Å². The summed E-state index contributed by atoms with van der Waals surface area (Å²) < 4.78 is 39.4. The van der Waals surface area contributed by atoms with Gasteiger partial charge in [-0.3, -0.25) is 9.59 Å². The molecule has 4 nitrogen and oxygen atoms in total. The van der Waals surface area contributed by atoms with Crippen LogP contribution in [-0.4, -0.2) is 17.6 Å². The maximum atomic E-state index is 13.1. The summed E-state index contributed by atoms with van der Waals surface area (Å²) in [6.45, 7) is 0. The highest BCUT2D eigenvalue weighted by atomic mass is 35.5. The SMILES string of the molecule is O=C(CSc1cccc(NC(=O)c2cccs2)c1)Nc1ccc(Cl)cc1C(F)(F)F. The van der Waals surface area contributed by atoms with E-state index in [-0.39, 0.29) is 22.4 Å². The van der Waals surface area contributed by atoms with Gasteiger partial charge in [0.25, 0.3) is 5.91 Å². The Hall–Kier alpha value is -2.49. The minimum absolute atomic E-state index is 0.0730. The average Bonchev–Trinajstić information content (AvgIpc) is 3.22. The summed E-state index contributed by atoms with van der Waals surface area (Å²) in [5.74, 6) is -0.949. The second-order valence-electron chi connectivity index (χ2n) is 5.98. The molecule has 3 rings (SSSR count). The summed E-state index contributed by atoms with van der Waals surface area (Å²) >= 11 is 8.09. The molecule has 0 radical (unpaired) electrons. The maximum Gasteiger partial charge on any atom is 0.418 e. The van der Waals surface area contributed by atoms with Gasteiger partial charge in [-0.1, -0.05) is 23.7 Å². The number of rotatable bonds is 6. The van der Waals surface area contributed by atoms with E-state index in [1.165, 1.54) is 17.4 Å². The highest BCUT2D eigenvalue weighted by molar-refractivity contribution is 8.00. The van der Waals surface area contributed by atoms with Gasteiger partial charge < -0.3 is 10.6 Å². The Morgan fingerprint density at radius 1 is 1.03 bits per heavy atom. The van der Waals surface area contributed by atoms with Crippen LogP contribution in [0.1, 0.15) is 15.2 Å². The molecule has 0 saturated carbocycles. The van der Waals surface area contributed by atoms with E-state index >= 15 is 0 Å². The van der Waals surface area contributed by atoms with E-state index in [2.05, 4.69) is 10.6 Å². The molecule has 3 aromatic rings. The fraction of sp³-hybridized carbons (Fsp3) is 0.100. The fourth-order valence-corrected chi connectivity index (χ4v) is 4.01. The third-order valence-electron chi connectivity index (χ3n) is 3.77. The molecule has 10 heteroatoms. The van der Waals surface area contributed by atoms with Crippen molar-refractivity contribution in [2.45, 2.75) is 11.1 Å². The Bertz CT molecular complexity index is 1060. The van der Waals surface area contributed by atoms with Crippen LogP contribution in [0.4, 0.5) is 24.5 Å². The van der Waals surface area contributed by atoms with E-state index in [1.807, 2.05) is 0 Å². The first kappa shape index (κ1) is 22.2. The largest absolute Gasteiger partial charge is 0.418 e. The van der Waals surface area contributed by atoms with E-state index in [0.29, 0.717) is 15.5 Å². The predicted octanol–water partition coefficient (Wildman–Crippen LogP) is 6.40.